The Bertz CT molecular complexity index is 4710. The number of pyridine rings is 1. The number of anilines is 3. The molecule has 2 aliphatic heterocycles. The Hall–Kier alpha value is -12.6. The van der Waals surface area contributed by atoms with Crippen molar-refractivity contribution in [2.45, 2.75) is 19.4 Å². The van der Waals surface area contributed by atoms with E-state index < -0.39 is 0 Å². The zero-order valence-corrected chi connectivity index (χ0v) is 55.1. The third-order valence-electron chi connectivity index (χ3n) is 16.5. The predicted octanol–water partition coefficient (Wildman–Crippen LogP) is 9.74. The SMILES string of the molecule is Cn1cc(-c2cccc(-c3ncc(-c4cnn(C)c4)c(NCCN4CCCC4=O)n3)c2)cn1.Cn1cc(-c2cccc(-c3ncc(-c4cnn(C)c4)c(NCCN4CCOC4=O)n3)c2)cn1.Cn1cc(-c2cccc(-c3ncc(-c4cnn(C)c4)c(NCc4ccncc4)n3)c2)cn1. The number of nitrogens with one attached hydrogen (secondary N) is 3. The molecule has 3 N–H and O–H groups in total. The second-order valence-corrected chi connectivity index (χ2v) is 23.7. The van der Waals surface area contributed by atoms with Crippen LogP contribution in [0.2, 0.25) is 0 Å². The fraction of sp³-hybridized carbons (Fsp3) is 0.225. The Morgan fingerprint density at radius 2 is 0.776 bits per heavy atom. The molecule has 27 nitrogen and oxygen atoms in total. The van der Waals surface area contributed by atoms with Crippen molar-refractivity contribution in [3.63, 3.8) is 0 Å². The van der Waals surface area contributed by atoms with Gasteiger partial charge in [-0.25, -0.2) is 34.7 Å². The van der Waals surface area contributed by atoms with Gasteiger partial charge in [0.05, 0.1) is 43.7 Å². The van der Waals surface area contributed by atoms with Crippen molar-refractivity contribution in [1.29, 1.82) is 0 Å². The van der Waals surface area contributed by atoms with E-state index in [4.69, 9.17) is 19.7 Å². The smallest absolute Gasteiger partial charge is 0.409 e. The summed E-state index contributed by atoms with van der Waals surface area (Å²) in [6.45, 7) is 4.83. The molecule has 0 aliphatic carbocycles. The maximum atomic E-state index is 12.0. The highest BCUT2D eigenvalue weighted by Crippen LogP contribution is 2.34. The van der Waals surface area contributed by atoms with Crippen LogP contribution in [0.5, 0.6) is 0 Å². The highest BCUT2D eigenvalue weighted by Gasteiger charge is 2.23. The fourth-order valence-electron chi connectivity index (χ4n) is 11.4. The summed E-state index contributed by atoms with van der Waals surface area (Å²) in [5.41, 5.74) is 15.6. The van der Waals surface area contributed by atoms with Crippen molar-refractivity contribution in [3.05, 3.63) is 196 Å². The van der Waals surface area contributed by atoms with Crippen molar-refractivity contribution in [1.82, 2.24) is 103 Å². The van der Waals surface area contributed by atoms with Gasteiger partial charge >= 0.3 is 6.09 Å². The number of amides is 2. The number of carbonyl (C=O) groups is 2. The first-order chi connectivity index (χ1) is 47.8. The molecule has 3 aromatic carbocycles. The molecule has 0 radical (unpaired) electrons. The molecule has 0 atom stereocenters. The van der Waals surface area contributed by atoms with E-state index in [1.807, 2.05) is 182 Å². The Labute approximate surface area is 564 Å². The van der Waals surface area contributed by atoms with Crippen LogP contribution < -0.4 is 16.0 Å². The molecule has 2 fully saturated rings. The number of rotatable bonds is 20. The molecule has 494 valence electrons. The fourth-order valence-corrected chi connectivity index (χ4v) is 11.4. The van der Waals surface area contributed by atoms with Gasteiger partial charge < -0.3 is 30.5 Å². The number of nitrogens with zero attached hydrogens (tertiary/aromatic N) is 21. The average molecular weight is 1310 g/mol. The molecule has 15 rings (SSSR count). The second kappa shape index (κ2) is 29.4. The lowest BCUT2D eigenvalue weighted by molar-refractivity contribution is -0.127. The van der Waals surface area contributed by atoms with Crippen molar-refractivity contribution in [3.8, 4) is 101 Å². The lowest BCUT2D eigenvalue weighted by Gasteiger charge is -2.17. The monoisotopic (exact) mass is 1310 g/mol. The molecule has 0 saturated carbocycles. The molecular formula is C71H72N24O3. The van der Waals surface area contributed by atoms with Gasteiger partial charge in [-0.1, -0.05) is 54.6 Å². The minimum absolute atomic E-state index is 0.222. The molecule has 27 heteroatoms. The van der Waals surface area contributed by atoms with Gasteiger partial charge in [0, 0.05) is 223 Å². The van der Waals surface area contributed by atoms with E-state index in [0.29, 0.717) is 75.6 Å². The van der Waals surface area contributed by atoms with E-state index in [1.54, 1.807) is 57.8 Å². The maximum absolute atomic E-state index is 12.0. The van der Waals surface area contributed by atoms with Gasteiger partial charge in [-0.15, -0.1) is 0 Å². The van der Waals surface area contributed by atoms with Crippen LogP contribution in [0.15, 0.2) is 190 Å². The number of ether oxygens (including phenoxy) is 1. The molecule has 2 saturated heterocycles. The standard InChI is InChI=1S/C24H26N8O.C24H22N8.C23H24N8O2/c1-30-15-19(12-27-30)17-5-3-6-18(11-17)23-26-14-21(20-13-28-31(2)16-20)24(29-23)25-8-10-32-9-4-7-22(32)33;1-31-15-20(12-28-31)18-4-3-5-19(10-18)23-27-14-22(21-13-29-32(2)16-21)24(30-23)26-11-17-6-8-25-9-7-17;1-29-14-18(11-26-29)16-4-3-5-17(10-16)21-25-13-20(19-12-27-30(2)15-19)22(28-21)24-6-7-31-8-9-33-23(31)32/h3,5-6,11-16H,4,7-10H2,1-2H3,(H,25,26,29);3-10,12-16H,11H2,1-2H3,(H,26,27,30);3-5,10-15H,6-9H2,1-2H3,(H,24,25,28). The normalized spacial score (nSPS) is 12.7. The van der Waals surface area contributed by atoms with Crippen LogP contribution >= 0.6 is 0 Å². The first-order valence-electron chi connectivity index (χ1n) is 32.0. The number of carbonyl (C=O) groups excluding carboxylic acids is 2. The molecule has 2 aliphatic rings. The Morgan fingerprint density at radius 3 is 1.12 bits per heavy atom. The van der Waals surface area contributed by atoms with Crippen LogP contribution in [0.3, 0.4) is 0 Å². The minimum atomic E-state index is -0.278. The molecule has 12 heterocycles. The summed E-state index contributed by atoms with van der Waals surface area (Å²) in [6.07, 6.45) is 33.1. The topological polar surface area (TPSA) is 283 Å². The Balaban J connectivity index is 0.000000132. The summed E-state index contributed by atoms with van der Waals surface area (Å²) in [6, 6.07) is 28.4. The van der Waals surface area contributed by atoms with Gasteiger partial charge in [0.15, 0.2) is 17.5 Å². The van der Waals surface area contributed by atoms with Gasteiger partial charge in [-0.05, 0) is 59.0 Å². The summed E-state index contributed by atoms with van der Waals surface area (Å²) >= 11 is 0. The van der Waals surface area contributed by atoms with Gasteiger partial charge in [0.2, 0.25) is 5.91 Å². The molecule has 0 bridgehead atoms. The number of aromatic nitrogens is 19. The van der Waals surface area contributed by atoms with Crippen LogP contribution in [-0.2, 0) is 58.4 Å². The summed E-state index contributed by atoms with van der Waals surface area (Å²) < 4.78 is 15.6. The average Bonchev–Trinajstić information content (AvgIpc) is 1.33. The summed E-state index contributed by atoms with van der Waals surface area (Å²) in [5, 5.41) is 35.9. The Kier molecular flexibility index (Phi) is 19.2. The van der Waals surface area contributed by atoms with Crippen molar-refractivity contribution < 1.29 is 14.3 Å². The number of hydrogen-bond donors (Lipinski definition) is 3. The molecule has 2 amide bonds. The van der Waals surface area contributed by atoms with Crippen LogP contribution in [0, 0.1) is 0 Å². The van der Waals surface area contributed by atoms with Crippen LogP contribution in [-0.4, -0.2) is 161 Å². The summed E-state index contributed by atoms with van der Waals surface area (Å²) in [7, 11) is 11.4. The summed E-state index contributed by atoms with van der Waals surface area (Å²) in [5.74, 6) is 4.29. The van der Waals surface area contributed by atoms with E-state index in [0.717, 1.165) is 114 Å². The van der Waals surface area contributed by atoms with E-state index in [9.17, 15) is 9.59 Å². The third-order valence-corrected chi connectivity index (χ3v) is 16.5. The molecule has 98 heavy (non-hydrogen) atoms. The van der Waals surface area contributed by atoms with E-state index in [1.165, 1.54) is 0 Å². The van der Waals surface area contributed by atoms with E-state index in [-0.39, 0.29) is 12.0 Å². The van der Waals surface area contributed by atoms with Gasteiger partial charge in [0.1, 0.15) is 24.1 Å². The van der Waals surface area contributed by atoms with Crippen molar-refractivity contribution in [2.75, 3.05) is 61.8 Å². The minimum Gasteiger partial charge on any atom is -0.448 e. The zero-order chi connectivity index (χ0) is 67.5. The van der Waals surface area contributed by atoms with Crippen LogP contribution in [0.1, 0.15) is 18.4 Å². The quantitative estimate of drug-likeness (QED) is 0.0640. The van der Waals surface area contributed by atoms with E-state index in [2.05, 4.69) is 96.8 Å². The van der Waals surface area contributed by atoms with Crippen molar-refractivity contribution >= 4 is 29.5 Å². The number of cyclic esters (lactones) is 1. The van der Waals surface area contributed by atoms with E-state index >= 15 is 0 Å². The van der Waals surface area contributed by atoms with Crippen LogP contribution in [0.4, 0.5) is 22.2 Å². The summed E-state index contributed by atoms with van der Waals surface area (Å²) in [4.78, 5) is 59.9. The molecule has 0 unspecified atom stereocenters. The van der Waals surface area contributed by atoms with Crippen LogP contribution in [0.25, 0.3) is 101 Å². The van der Waals surface area contributed by atoms with Gasteiger partial charge in [-0.2, -0.15) is 30.6 Å². The van der Waals surface area contributed by atoms with Gasteiger partial charge in [-0.3, -0.25) is 37.9 Å². The number of benzene rings is 3. The molecule has 10 aromatic heterocycles. The number of aryl methyl sites for hydroxylation is 6. The Morgan fingerprint density at radius 1 is 0.408 bits per heavy atom. The highest BCUT2D eigenvalue weighted by atomic mass is 16.6. The molecular weight excluding hydrogens is 1240 g/mol. The maximum Gasteiger partial charge on any atom is 0.409 e. The van der Waals surface area contributed by atoms with Gasteiger partial charge in [0.25, 0.3) is 0 Å². The number of likely N-dealkylation sites (tertiary alicyclic amines) is 1. The number of hydrogen-bond acceptors (Lipinski definition) is 19. The highest BCUT2D eigenvalue weighted by molar-refractivity contribution is 5.81. The first kappa shape index (κ1) is 64.2. The lowest BCUT2D eigenvalue weighted by atomic mass is 10.1. The third kappa shape index (κ3) is 15.5. The zero-order valence-electron chi connectivity index (χ0n) is 55.1. The predicted molar refractivity (Wildman–Crippen MR) is 373 cm³/mol. The largest absolute Gasteiger partial charge is 0.448 e. The van der Waals surface area contributed by atoms with Crippen molar-refractivity contribution in [2.24, 2.45) is 42.3 Å². The molecule has 0 spiro atoms. The second-order valence-electron chi connectivity index (χ2n) is 23.7. The first-order valence-corrected chi connectivity index (χ1v) is 32.0. The molecule has 13 aromatic rings. The lowest BCUT2D eigenvalue weighted by Crippen LogP contribution is -2.30.